The summed E-state index contributed by atoms with van der Waals surface area (Å²) >= 11 is 0. The van der Waals surface area contributed by atoms with Crippen molar-refractivity contribution < 1.29 is 28.2 Å². The summed E-state index contributed by atoms with van der Waals surface area (Å²) in [5, 5.41) is 23.8. The number of rotatable bonds is 9. The molecule has 3 N–H and O–H groups in total. The fourth-order valence-corrected chi connectivity index (χ4v) is 5.07. The third kappa shape index (κ3) is 9.84. The zero-order valence-electron chi connectivity index (χ0n) is 21.8. The first-order chi connectivity index (χ1) is 17.1. The standard InChI is InChI=1S/C27H42N2O6S/c1-4-5-6-7-9-14-21(3)36(33,34)29-28-23-16-11-8-10-15-22-18-24(30)19-25(31)26(22)27(32)35-20(2)13-12-17-23/h10,15,18-21,29-31H,4-9,11-14,16-17H2,1-3H3/b15-10+,28-23-/t20-,21?/m0/s1. The van der Waals surface area contributed by atoms with Gasteiger partial charge in [-0.05, 0) is 70.4 Å². The van der Waals surface area contributed by atoms with E-state index in [0.29, 0.717) is 44.1 Å². The molecule has 0 saturated carbocycles. The van der Waals surface area contributed by atoms with Crippen LogP contribution in [-0.2, 0) is 14.8 Å². The van der Waals surface area contributed by atoms with Gasteiger partial charge in [0.25, 0.3) is 0 Å². The van der Waals surface area contributed by atoms with Crippen LogP contribution in [0.25, 0.3) is 6.08 Å². The molecule has 0 bridgehead atoms. The number of benzene rings is 1. The lowest BCUT2D eigenvalue weighted by atomic mass is 10.0. The number of esters is 1. The Morgan fingerprint density at radius 3 is 2.61 bits per heavy atom. The lowest BCUT2D eigenvalue weighted by Crippen LogP contribution is -2.30. The van der Waals surface area contributed by atoms with Gasteiger partial charge >= 0.3 is 5.97 Å². The average Bonchev–Trinajstić information content (AvgIpc) is 2.80. The number of carbonyl (C=O) groups excluding carboxylic acids is 1. The fourth-order valence-electron chi connectivity index (χ4n) is 4.16. The van der Waals surface area contributed by atoms with Crippen LogP contribution < -0.4 is 4.83 Å². The van der Waals surface area contributed by atoms with Crippen molar-refractivity contribution in [3.05, 3.63) is 29.3 Å². The number of hydrogen-bond acceptors (Lipinski definition) is 7. The van der Waals surface area contributed by atoms with Crippen molar-refractivity contribution in [2.24, 2.45) is 5.10 Å². The fraction of sp³-hybridized carbons (Fsp3) is 0.630. The quantitative estimate of drug-likeness (QED) is 0.206. The van der Waals surface area contributed by atoms with E-state index < -0.39 is 27.3 Å². The molecular formula is C27H42N2O6S. The third-order valence-corrected chi connectivity index (χ3v) is 8.07. The van der Waals surface area contributed by atoms with Gasteiger partial charge in [-0.3, -0.25) is 0 Å². The van der Waals surface area contributed by atoms with Gasteiger partial charge in [0.05, 0.1) is 11.4 Å². The van der Waals surface area contributed by atoms with Crippen molar-refractivity contribution in [1.82, 2.24) is 4.83 Å². The number of phenols is 2. The van der Waals surface area contributed by atoms with Crippen molar-refractivity contribution in [2.45, 2.75) is 109 Å². The minimum atomic E-state index is -3.54. The summed E-state index contributed by atoms with van der Waals surface area (Å²) in [5.74, 6) is -1.12. The number of cyclic esters (lactones) is 1. The van der Waals surface area contributed by atoms with Crippen LogP contribution in [0.2, 0.25) is 0 Å². The number of sulfonamides is 1. The number of fused-ring (bicyclic) bond motifs is 1. The first-order valence-electron chi connectivity index (χ1n) is 13.1. The Kier molecular flexibility index (Phi) is 12.3. The van der Waals surface area contributed by atoms with Gasteiger partial charge in [0, 0.05) is 11.8 Å². The normalized spacial score (nSPS) is 20.7. The van der Waals surface area contributed by atoms with Crippen molar-refractivity contribution in [3.8, 4) is 11.5 Å². The van der Waals surface area contributed by atoms with E-state index in [0.717, 1.165) is 43.9 Å². The van der Waals surface area contributed by atoms with E-state index in [1.54, 1.807) is 19.9 Å². The van der Waals surface area contributed by atoms with Crippen LogP contribution in [0, 0.1) is 0 Å². The van der Waals surface area contributed by atoms with Crippen LogP contribution in [0.5, 0.6) is 11.5 Å². The number of ether oxygens (including phenoxy) is 1. The number of aromatic hydroxyl groups is 2. The van der Waals surface area contributed by atoms with Crippen molar-refractivity contribution >= 4 is 27.8 Å². The number of phenolic OH excluding ortho intramolecular Hbond substituents is 2. The molecular weight excluding hydrogens is 480 g/mol. The van der Waals surface area contributed by atoms with Crippen LogP contribution in [0.1, 0.15) is 114 Å². The Hall–Kier alpha value is -2.55. The monoisotopic (exact) mass is 522 g/mol. The highest BCUT2D eigenvalue weighted by atomic mass is 32.2. The smallest absolute Gasteiger partial charge is 0.342 e. The van der Waals surface area contributed by atoms with Gasteiger partial charge in [-0.1, -0.05) is 51.2 Å². The predicted molar refractivity (Wildman–Crippen MR) is 144 cm³/mol. The van der Waals surface area contributed by atoms with Crippen LogP contribution in [0.4, 0.5) is 0 Å². The first-order valence-corrected chi connectivity index (χ1v) is 14.7. The molecule has 1 heterocycles. The topological polar surface area (TPSA) is 125 Å². The molecule has 1 aliphatic heterocycles. The highest BCUT2D eigenvalue weighted by Gasteiger charge is 2.22. The van der Waals surface area contributed by atoms with Crippen LogP contribution in [0.3, 0.4) is 0 Å². The molecule has 36 heavy (non-hydrogen) atoms. The highest BCUT2D eigenvalue weighted by molar-refractivity contribution is 7.90. The summed E-state index contributed by atoms with van der Waals surface area (Å²) in [5.41, 5.74) is 1.18. The number of nitrogens with one attached hydrogen (secondary N) is 1. The Morgan fingerprint density at radius 1 is 1.14 bits per heavy atom. The Labute approximate surface area is 215 Å². The second kappa shape index (κ2) is 14.9. The number of hydrazone groups is 1. The van der Waals surface area contributed by atoms with E-state index in [1.807, 2.05) is 6.08 Å². The maximum atomic E-state index is 12.7. The van der Waals surface area contributed by atoms with Crippen molar-refractivity contribution in [1.29, 1.82) is 0 Å². The molecule has 0 fully saturated rings. The SMILES string of the molecule is CCCCCCCC(C)S(=O)(=O)N/N=C1/CCC/C=C/c2cc(O)cc(O)c2C(=O)O[C@@H](C)CCC1. The molecule has 0 spiro atoms. The Bertz CT molecular complexity index is 1020. The second-order valence-electron chi connectivity index (χ2n) is 9.66. The highest BCUT2D eigenvalue weighted by Crippen LogP contribution is 2.30. The zero-order chi connectivity index (χ0) is 26.6. The lowest BCUT2D eigenvalue weighted by Gasteiger charge is -2.17. The van der Waals surface area contributed by atoms with E-state index >= 15 is 0 Å². The van der Waals surface area contributed by atoms with Crippen LogP contribution in [0.15, 0.2) is 23.3 Å². The van der Waals surface area contributed by atoms with Gasteiger partial charge < -0.3 is 14.9 Å². The second-order valence-corrected chi connectivity index (χ2v) is 11.7. The van der Waals surface area contributed by atoms with Gasteiger partial charge in [0.2, 0.25) is 10.0 Å². The molecule has 1 aromatic carbocycles. The van der Waals surface area contributed by atoms with E-state index in [9.17, 15) is 23.4 Å². The number of allylic oxidation sites excluding steroid dienone is 1. The summed E-state index contributed by atoms with van der Waals surface area (Å²) < 4.78 is 30.9. The minimum absolute atomic E-state index is 0.0316. The Balaban J connectivity index is 2.07. The molecule has 1 unspecified atom stereocenters. The molecule has 2 rings (SSSR count). The molecule has 202 valence electrons. The lowest BCUT2D eigenvalue weighted by molar-refractivity contribution is 0.0318. The molecule has 9 heteroatoms. The maximum absolute atomic E-state index is 12.7. The van der Waals surface area contributed by atoms with E-state index in [4.69, 9.17) is 4.74 Å². The van der Waals surface area contributed by atoms with Crippen LogP contribution >= 0.6 is 0 Å². The summed E-state index contributed by atoms with van der Waals surface area (Å²) in [7, 11) is -3.54. The number of unbranched alkanes of at least 4 members (excludes halogenated alkanes) is 4. The van der Waals surface area contributed by atoms with Gasteiger partial charge in [0.1, 0.15) is 17.1 Å². The van der Waals surface area contributed by atoms with E-state index in [2.05, 4.69) is 16.9 Å². The minimum Gasteiger partial charge on any atom is -0.508 e. The molecule has 0 radical (unpaired) electrons. The zero-order valence-corrected chi connectivity index (χ0v) is 22.6. The molecule has 0 aliphatic carbocycles. The number of nitrogens with zero attached hydrogens (tertiary/aromatic N) is 1. The molecule has 0 saturated heterocycles. The largest absolute Gasteiger partial charge is 0.508 e. The summed E-state index contributed by atoms with van der Waals surface area (Å²) in [4.78, 5) is 15.1. The first kappa shape index (κ1) is 29.7. The molecule has 1 aliphatic rings. The van der Waals surface area contributed by atoms with Gasteiger partial charge in [-0.25, -0.2) is 18.0 Å². The maximum Gasteiger partial charge on any atom is 0.342 e. The van der Waals surface area contributed by atoms with Crippen molar-refractivity contribution in [3.63, 3.8) is 0 Å². The van der Waals surface area contributed by atoms with Crippen molar-refractivity contribution in [2.75, 3.05) is 0 Å². The third-order valence-electron chi connectivity index (χ3n) is 6.43. The molecule has 1 aromatic rings. The van der Waals surface area contributed by atoms with E-state index in [1.165, 1.54) is 12.5 Å². The molecule has 2 atom stereocenters. The average molecular weight is 523 g/mol. The molecule has 8 nitrogen and oxygen atoms in total. The number of hydrogen-bond donors (Lipinski definition) is 3. The summed E-state index contributed by atoms with van der Waals surface area (Å²) in [6.45, 7) is 5.66. The molecule has 0 aromatic heterocycles. The van der Waals surface area contributed by atoms with Gasteiger partial charge in [-0.2, -0.15) is 5.10 Å². The van der Waals surface area contributed by atoms with Gasteiger partial charge in [0.15, 0.2) is 0 Å². The van der Waals surface area contributed by atoms with E-state index in [-0.39, 0.29) is 17.1 Å². The molecule has 0 amide bonds. The Morgan fingerprint density at radius 2 is 1.86 bits per heavy atom. The summed E-state index contributed by atoms with van der Waals surface area (Å²) in [6.07, 6.45) is 13.0. The summed E-state index contributed by atoms with van der Waals surface area (Å²) in [6, 6.07) is 2.54. The van der Waals surface area contributed by atoms with Gasteiger partial charge in [-0.15, -0.1) is 0 Å². The number of carbonyl (C=O) groups is 1. The van der Waals surface area contributed by atoms with Crippen LogP contribution in [-0.4, -0.2) is 41.7 Å². The predicted octanol–water partition coefficient (Wildman–Crippen LogP) is 6.03.